The maximum atomic E-state index is 10.9. The first-order chi connectivity index (χ1) is 7.08. The highest BCUT2D eigenvalue weighted by molar-refractivity contribution is 5.70. The van der Waals surface area contributed by atoms with Crippen LogP contribution in [0.4, 0.5) is 0 Å². The average molecular weight is 204 g/mol. The zero-order valence-electron chi connectivity index (χ0n) is 9.46. The maximum absolute atomic E-state index is 10.9. The average Bonchev–Trinajstić information content (AvgIpc) is 2.92. The normalized spacial score (nSPS) is 15.1. The Morgan fingerprint density at radius 1 is 1.27 bits per heavy atom. The number of carbonyl (C=O) groups is 1. The molecule has 1 aliphatic carbocycles. The SMILES string of the molecule is CC(=O)Oc1cc(C2CC2)c(C)cc1C. The van der Waals surface area contributed by atoms with Crippen LogP contribution in [0.2, 0.25) is 0 Å². The fourth-order valence-electron chi connectivity index (χ4n) is 1.95. The lowest BCUT2D eigenvalue weighted by molar-refractivity contribution is -0.131. The third-order valence-electron chi connectivity index (χ3n) is 2.83. The highest BCUT2D eigenvalue weighted by atomic mass is 16.5. The number of aryl methyl sites for hydroxylation is 2. The van der Waals surface area contributed by atoms with E-state index in [0.29, 0.717) is 5.92 Å². The number of ether oxygens (including phenoxy) is 1. The van der Waals surface area contributed by atoms with Gasteiger partial charge in [0.25, 0.3) is 0 Å². The molecule has 1 aromatic carbocycles. The lowest BCUT2D eigenvalue weighted by Gasteiger charge is -2.10. The highest BCUT2D eigenvalue weighted by Crippen LogP contribution is 2.43. The number of benzene rings is 1. The van der Waals surface area contributed by atoms with E-state index in [2.05, 4.69) is 13.0 Å². The van der Waals surface area contributed by atoms with Crippen LogP contribution in [0.5, 0.6) is 5.75 Å². The Morgan fingerprint density at radius 3 is 2.47 bits per heavy atom. The first kappa shape index (κ1) is 10.2. The minimum atomic E-state index is -0.247. The summed E-state index contributed by atoms with van der Waals surface area (Å²) in [6.45, 7) is 5.54. The van der Waals surface area contributed by atoms with Crippen LogP contribution in [-0.2, 0) is 4.79 Å². The minimum absolute atomic E-state index is 0.247. The van der Waals surface area contributed by atoms with E-state index in [1.165, 1.54) is 30.9 Å². The van der Waals surface area contributed by atoms with Gasteiger partial charge in [-0.15, -0.1) is 0 Å². The molecule has 0 unspecified atom stereocenters. The van der Waals surface area contributed by atoms with Crippen molar-refractivity contribution in [2.75, 3.05) is 0 Å². The van der Waals surface area contributed by atoms with E-state index in [1.807, 2.05) is 13.0 Å². The standard InChI is InChI=1S/C13H16O2/c1-8-6-9(2)13(15-10(3)14)7-12(8)11-4-5-11/h6-7,11H,4-5H2,1-3H3. The van der Waals surface area contributed by atoms with Crippen molar-refractivity contribution in [2.45, 2.75) is 39.5 Å². The first-order valence-electron chi connectivity index (χ1n) is 5.37. The molecule has 2 nitrogen and oxygen atoms in total. The van der Waals surface area contributed by atoms with Crippen molar-refractivity contribution in [3.8, 4) is 5.75 Å². The molecule has 1 fully saturated rings. The molecule has 0 heterocycles. The Morgan fingerprint density at radius 2 is 1.93 bits per heavy atom. The smallest absolute Gasteiger partial charge is 0.308 e. The molecule has 0 saturated heterocycles. The monoisotopic (exact) mass is 204 g/mol. The van der Waals surface area contributed by atoms with Gasteiger partial charge in [-0.3, -0.25) is 4.79 Å². The predicted octanol–water partition coefficient (Wildman–Crippen LogP) is 3.11. The first-order valence-corrected chi connectivity index (χ1v) is 5.37. The van der Waals surface area contributed by atoms with Gasteiger partial charge in [0.2, 0.25) is 0 Å². The van der Waals surface area contributed by atoms with Crippen molar-refractivity contribution < 1.29 is 9.53 Å². The zero-order chi connectivity index (χ0) is 11.0. The largest absolute Gasteiger partial charge is 0.426 e. The summed E-state index contributed by atoms with van der Waals surface area (Å²) >= 11 is 0. The van der Waals surface area contributed by atoms with Crippen LogP contribution < -0.4 is 4.74 Å². The molecule has 0 aromatic heterocycles. The highest BCUT2D eigenvalue weighted by Gasteiger charge is 2.26. The quantitative estimate of drug-likeness (QED) is 0.546. The molecule has 0 amide bonds. The second-order valence-electron chi connectivity index (χ2n) is 4.34. The van der Waals surface area contributed by atoms with E-state index in [-0.39, 0.29) is 5.97 Å². The second kappa shape index (κ2) is 3.69. The van der Waals surface area contributed by atoms with Crippen LogP contribution in [0.1, 0.15) is 42.4 Å². The van der Waals surface area contributed by atoms with E-state index >= 15 is 0 Å². The maximum Gasteiger partial charge on any atom is 0.308 e. The molecule has 2 heteroatoms. The van der Waals surface area contributed by atoms with Crippen LogP contribution in [0.3, 0.4) is 0 Å². The fraction of sp³-hybridized carbons (Fsp3) is 0.462. The second-order valence-corrected chi connectivity index (χ2v) is 4.34. The summed E-state index contributed by atoms with van der Waals surface area (Å²) in [6, 6.07) is 4.13. The number of hydrogen-bond acceptors (Lipinski definition) is 2. The van der Waals surface area contributed by atoms with Gasteiger partial charge in [0.1, 0.15) is 5.75 Å². The Bertz CT molecular complexity index is 403. The van der Waals surface area contributed by atoms with Gasteiger partial charge in [0.05, 0.1) is 0 Å². The summed E-state index contributed by atoms with van der Waals surface area (Å²) in [5.41, 5.74) is 3.69. The van der Waals surface area contributed by atoms with Gasteiger partial charge >= 0.3 is 5.97 Å². The van der Waals surface area contributed by atoms with Gasteiger partial charge < -0.3 is 4.74 Å². The van der Waals surface area contributed by atoms with E-state index < -0.39 is 0 Å². The summed E-state index contributed by atoms with van der Waals surface area (Å²) in [6.07, 6.45) is 2.53. The molecule has 0 bridgehead atoms. The van der Waals surface area contributed by atoms with E-state index in [0.717, 1.165) is 11.3 Å². The van der Waals surface area contributed by atoms with Crippen molar-refractivity contribution in [1.82, 2.24) is 0 Å². The molecule has 1 saturated carbocycles. The molecule has 0 spiro atoms. The molecule has 15 heavy (non-hydrogen) atoms. The van der Waals surface area contributed by atoms with Crippen molar-refractivity contribution in [3.05, 3.63) is 28.8 Å². The number of esters is 1. The number of rotatable bonds is 2. The summed E-state index contributed by atoms with van der Waals surface area (Å²) in [5, 5.41) is 0. The van der Waals surface area contributed by atoms with Gasteiger partial charge in [-0.05, 0) is 55.4 Å². The molecular weight excluding hydrogens is 188 g/mol. The zero-order valence-corrected chi connectivity index (χ0v) is 9.46. The molecule has 0 atom stereocenters. The van der Waals surface area contributed by atoms with Gasteiger partial charge in [0.15, 0.2) is 0 Å². The third-order valence-corrected chi connectivity index (χ3v) is 2.83. The lowest BCUT2D eigenvalue weighted by atomic mass is 10.0. The van der Waals surface area contributed by atoms with Crippen molar-refractivity contribution >= 4 is 5.97 Å². The summed E-state index contributed by atoms with van der Waals surface area (Å²) in [7, 11) is 0. The number of carbonyl (C=O) groups excluding carboxylic acids is 1. The molecule has 1 aliphatic rings. The predicted molar refractivity (Wildman–Crippen MR) is 59.2 cm³/mol. The summed E-state index contributed by atoms with van der Waals surface area (Å²) < 4.78 is 5.18. The van der Waals surface area contributed by atoms with Gasteiger partial charge in [0, 0.05) is 6.92 Å². The Kier molecular flexibility index (Phi) is 2.51. The molecule has 2 rings (SSSR count). The molecular formula is C13H16O2. The van der Waals surface area contributed by atoms with Gasteiger partial charge in [-0.25, -0.2) is 0 Å². The van der Waals surface area contributed by atoms with Crippen LogP contribution in [0.15, 0.2) is 12.1 Å². The minimum Gasteiger partial charge on any atom is -0.426 e. The Labute approximate surface area is 90.3 Å². The Hall–Kier alpha value is -1.31. The van der Waals surface area contributed by atoms with E-state index in [4.69, 9.17) is 4.74 Å². The lowest BCUT2D eigenvalue weighted by Crippen LogP contribution is -2.04. The summed E-state index contributed by atoms with van der Waals surface area (Å²) in [5.74, 6) is 1.17. The molecule has 0 aliphatic heterocycles. The van der Waals surface area contributed by atoms with Gasteiger partial charge in [-0.2, -0.15) is 0 Å². The van der Waals surface area contributed by atoms with Crippen LogP contribution >= 0.6 is 0 Å². The molecule has 1 aromatic rings. The third kappa shape index (κ3) is 2.20. The van der Waals surface area contributed by atoms with Crippen LogP contribution in [0.25, 0.3) is 0 Å². The number of hydrogen-bond donors (Lipinski definition) is 0. The molecule has 80 valence electrons. The topological polar surface area (TPSA) is 26.3 Å². The van der Waals surface area contributed by atoms with E-state index in [1.54, 1.807) is 0 Å². The fourth-order valence-corrected chi connectivity index (χ4v) is 1.95. The Balaban J connectivity index is 2.36. The molecule has 0 N–H and O–H groups in total. The van der Waals surface area contributed by atoms with Crippen molar-refractivity contribution in [2.24, 2.45) is 0 Å². The summed E-state index contributed by atoms with van der Waals surface area (Å²) in [4.78, 5) is 10.9. The van der Waals surface area contributed by atoms with E-state index in [9.17, 15) is 4.79 Å². The molecule has 0 radical (unpaired) electrons. The van der Waals surface area contributed by atoms with Crippen molar-refractivity contribution in [3.63, 3.8) is 0 Å². The van der Waals surface area contributed by atoms with Gasteiger partial charge in [-0.1, -0.05) is 6.07 Å². The van der Waals surface area contributed by atoms with Crippen LogP contribution in [0, 0.1) is 13.8 Å². The van der Waals surface area contributed by atoms with Crippen molar-refractivity contribution in [1.29, 1.82) is 0 Å². The van der Waals surface area contributed by atoms with Crippen LogP contribution in [-0.4, -0.2) is 5.97 Å².